The van der Waals surface area contributed by atoms with Crippen molar-refractivity contribution in [2.24, 2.45) is 5.10 Å². The largest absolute Gasteiger partial charge is 0.493 e. The van der Waals surface area contributed by atoms with Crippen LogP contribution in [0, 0.1) is 6.92 Å². The quantitative estimate of drug-likeness (QED) is 0.298. The van der Waals surface area contributed by atoms with Gasteiger partial charge in [-0.1, -0.05) is 0 Å². The van der Waals surface area contributed by atoms with Crippen molar-refractivity contribution in [3.63, 3.8) is 0 Å². The first-order valence-electron chi connectivity index (χ1n) is 7.86. The maximum absolute atomic E-state index is 12.0. The number of hydrazone groups is 1. The second kappa shape index (κ2) is 8.00. The standard InChI is InChI=1S/C18H16N4O5/c1-11-8-13(21-20-11)17(23)22-19-10-12-5-6-14(16(9-12)25-2)27-18(24)15-4-3-7-26-15/h3-10H,1-2H3,(H,20,21)(H,22,23)/b19-10+. The molecule has 0 atom stereocenters. The third kappa shape index (κ3) is 4.40. The van der Waals surface area contributed by atoms with Crippen LogP contribution < -0.4 is 14.9 Å². The van der Waals surface area contributed by atoms with Crippen molar-refractivity contribution >= 4 is 18.1 Å². The zero-order chi connectivity index (χ0) is 19.2. The number of methoxy groups -OCH3 is 1. The number of ether oxygens (including phenoxy) is 2. The second-order valence-electron chi connectivity index (χ2n) is 5.41. The normalized spacial score (nSPS) is 10.7. The first-order chi connectivity index (χ1) is 13.1. The Balaban J connectivity index is 1.66. The van der Waals surface area contributed by atoms with Crippen molar-refractivity contribution in [1.29, 1.82) is 0 Å². The molecule has 2 aromatic heterocycles. The van der Waals surface area contributed by atoms with Gasteiger partial charge in [-0.15, -0.1) is 0 Å². The highest BCUT2D eigenvalue weighted by molar-refractivity contribution is 5.93. The lowest BCUT2D eigenvalue weighted by Crippen LogP contribution is -2.18. The summed E-state index contributed by atoms with van der Waals surface area (Å²) in [6.45, 7) is 1.79. The van der Waals surface area contributed by atoms with Gasteiger partial charge in [0.1, 0.15) is 0 Å². The van der Waals surface area contributed by atoms with E-state index < -0.39 is 11.9 Å². The first-order valence-corrected chi connectivity index (χ1v) is 7.86. The average Bonchev–Trinajstić information content (AvgIpc) is 3.34. The Kier molecular flexibility index (Phi) is 5.31. The molecule has 1 amide bonds. The minimum absolute atomic E-state index is 0.0824. The molecule has 9 nitrogen and oxygen atoms in total. The van der Waals surface area contributed by atoms with Crippen molar-refractivity contribution in [2.75, 3.05) is 7.11 Å². The van der Waals surface area contributed by atoms with Crippen LogP contribution in [0.5, 0.6) is 11.5 Å². The van der Waals surface area contributed by atoms with Crippen LogP contribution in [0.25, 0.3) is 0 Å². The molecule has 1 aromatic carbocycles. The predicted octanol–water partition coefficient (Wildman–Crippen LogP) is 2.30. The Morgan fingerprint density at radius 1 is 1.26 bits per heavy atom. The number of nitrogens with zero attached hydrogens (tertiary/aromatic N) is 2. The molecular formula is C18H16N4O5. The van der Waals surface area contributed by atoms with Crippen LogP contribution in [-0.2, 0) is 0 Å². The molecular weight excluding hydrogens is 352 g/mol. The molecule has 0 fully saturated rings. The van der Waals surface area contributed by atoms with Gasteiger partial charge in [-0.25, -0.2) is 10.2 Å². The second-order valence-corrected chi connectivity index (χ2v) is 5.41. The number of esters is 1. The molecule has 3 aromatic rings. The van der Waals surface area contributed by atoms with E-state index in [-0.39, 0.29) is 17.2 Å². The van der Waals surface area contributed by atoms with Crippen molar-refractivity contribution in [2.45, 2.75) is 6.92 Å². The van der Waals surface area contributed by atoms with Crippen molar-refractivity contribution in [1.82, 2.24) is 15.6 Å². The zero-order valence-electron chi connectivity index (χ0n) is 14.6. The summed E-state index contributed by atoms with van der Waals surface area (Å²) >= 11 is 0. The summed E-state index contributed by atoms with van der Waals surface area (Å²) in [5.41, 5.74) is 4.01. The molecule has 2 heterocycles. The monoisotopic (exact) mass is 368 g/mol. The number of benzene rings is 1. The fraction of sp³-hybridized carbons (Fsp3) is 0.111. The number of carbonyl (C=O) groups excluding carboxylic acids is 2. The third-order valence-electron chi connectivity index (χ3n) is 3.43. The van der Waals surface area contributed by atoms with Crippen LogP contribution in [0.4, 0.5) is 0 Å². The Morgan fingerprint density at radius 3 is 2.78 bits per heavy atom. The van der Waals surface area contributed by atoms with E-state index in [0.29, 0.717) is 11.3 Å². The number of rotatable bonds is 6. The molecule has 0 bridgehead atoms. The summed E-state index contributed by atoms with van der Waals surface area (Å²) in [7, 11) is 1.45. The van der Waals surface area contributed by atoms with Crippen molar-refractivity contribution in [3.05, 3.63) is 65.4 Å². The number of H-pyrrole nitrogens is 1. The molecule has 0 aliphatic carbocycles. The zero-order valence-corrected chi connectivity index (χ0v) is 14.6. The predicted molar refractivity (Wildman–Crippen MR) is 95.0 cm³/mol. The van der Waals surface area contributed by atoms with Crippen LogP contribution in [0.15, 0.2) is 52.2 Å². The first kappa shape index (κ1) is 17.9. The van der Waals surface area contributed by atoms with Gasteiger partial charge < -0.3 is 13.9 Å². The Bertz CT molecular complexity index is 976. The number of amides is 1. The minimum Gasteiger partial charge on any atom is -0.493 e. The van der Waals surface area contributed by atoms with Gasteiger partial charge in [-0.2, -0.15) is 10.2 Å². The van der Waals surface area contributed by atoms with E-state index >= 15 is 0 Å². The van der Waals surface area contributed by atoms with E-state index in [1.165, 1.54) is 25.7 Å². The molecule has 9 heteroatoms. The number of nitrogens with one attached hydrogen (secondary N) is 2. The van der Waals surface area contributed by atoms with Gasteiger partial charge in [0, 0.05) is 5.69 Å². The van der Waals surface area contributed by atoms with Crippen LogP contribution in [0.1, 0.15) is 32.3 Å². The van der Waals surface area contributed by atoms with Crippen LogP contribution in [0.3, 0.4) is 0 Å². The Morgan fingerprint density at radius 2 is 2.11 bits per heavy atom. The van der Waals surface area contributed by atoms with Gasteiger partial charge in [-0.3, -0.25) is 9.89 Å². The SMILES string of the molecule is COc1cc(/C=N/NC(=O)c2cc(C)[nH]n2)ccc1OC(=O)c1ccco1. The lowest BCUT2D eigenvalue weighted by Gasteiger charge is -2.08. The van der Waals surface area contributed by atoms with Crippen molar-refractivity contribution < 1.29 is 23.5 Å². The molecule has 0 aliphatic rings. The third-order valence-corrected chi connectivity index (χ3v) is 3.43. The summed E-state index contributed by atoms with van der Waals surface area (Å²) in [5.74, 6) is -0.438. The lowest BCUT2D eigenvalue weighted by atomic mass is 10.2. The highest BCUT2D eigenvalue weighted by atomic mass is 16.6. The number of aromatic nitrogens is 2. The molecule has 27 heavy (non-hydrogen) atoms. The number of furan rings is 1. The maximum Gasteiger partial charge on any atom is 0.379 e. The maximum atomic E-state index is 12.0. The van der Waals surface area contributed by atoms with E-state index in [1.54, 1.807) is 37.3 Å². The molecule has 0 spiro atoms. The van der Waals surface area contributed by atoms with E-state index in [9.17, 15) is 9.59 Å². The number of hydrogen-bond acceptors (Lipinski definition) is 7. The topological polar surface area (TPSA) is 119 Å². The highest BCUT2D eigenvalue weighted by Gasteiger charge is 2.15. The Labute approximate surface area is 154 Å². The summed E-state index contributed by atoms with van der Waals surface area (Å²) < 4.78 is 15.5. The smallest absolute Gasteiger partial charge is 0.379 e. The molecule has 3 rings (SSSR count). The summed E-state index contributed by atoms with van der Waals surface area (Å²) in [6.07, 6.45) is 2.81. The molecule has 138 valence electrons. The minimum atomic E-state index is -0.638. The van der Waals surface area contributed by atoms with Gasteiger partial charge in [0.05, 0.1) is 19.6 Å². The number of carbonyl (C=O) groups is 2. The molecule has 0 saturated carbocycles. The van der Waals surface area contributed by atoms with E-state index in [0.717, 1.165) is 5.69 Å². The van der Waals surface area contributed by atoms with Gasteiger partial charge in [-0.05, 0) is 48.9 Å². The van der Waals surface area contributed by atoms with E-state index in [2.05, 4.69) is 20.7 Å². The molecule has 0 saturated heterocycles. The molecule has 0 unspecified atom stereocenters. The highest BCUT2D eigenvalue weighted by Crippen LogP contribution is 2.28. The van der Waals surface area contributed by atoms with Gasteiger partial charge >= 0.3 is 5.97 Å². The number of aromatic amines is 1. The van der Waals surface area contributed by atoms with Crippen LogP contribution in [0.2, 0.25) is 0 Å². The van der Waals surface area contributed by atoms with Crippen molar-refractivity contribution in [3.8, 4) is 11.5 Å². The van der Waals surface area contributed by atoms with Gasteiger partial charge in [0.25, 0.3) is 5.91 Å². The summed E-state index contributed by atoms with van der Waals surface area (Å²) in [6, 6.07) is 9.52. The average molecular weight is 368 g/mol. The summed E-state index contributed by atoms with van der Waals surface area (Å²) in [5, 5.41) is 10.4. The fourth-order valence-electron chi connectivity index (χ4n) is 2.15. The molecule has 0 aliphatic heterocycles. The Hall–Kier alpha value is -3.88. The summed E-state index contributed by atoms with van der Waals surface area (Å²) in [4.78, 5) is 23.8. The number of hydrogen-bond donors (Lipinski definition) is 2. The van der Waals surface area contributed by atoms with Crippen LogP contribution in [-0.4, -0.2) is 35.4 Å². The molecule has 2 N–H and O–H groups in total. The fourth-order valence-corrected chi connectivity index (χ4v) is 2.15. The van der Waals surface area contributed by atoms with Gasteiger partial charge in [0.15, 0.2) is 17.2 Å². The lowest BCUT2D eigenvalue weighted by molar-refractivity contribution is 0.0696. The molecule has 0 radical (unpaired) electrons. The van der Waals surface area contributed by atoms with Gasteiger partial charge in [0.2, 0.25) is 5.76 Å². The van der Waals surface area contributed by atoms with Crippen LogP contribution >= 0.6 is 0 Å². The van der Waals surface area contributed by atoms with E-state index in [4.69, 9.17) is 13.9 Å². The number of aryl methyl sites for hydroxylation is 1. The van der Waals surface area contributed by atoms with E-state index in [1.807, 2.05) is 0 Å².